The van der Waals surface area contributed by atoms with Crippen LogP contribution in [-0.2, 0) is 16.9 Å². The van der Waals surface area contributed by atoms with Crippen molar-refractivity contribution in [2.24, 2.45) is 17.6 Å². The molecule has 0 aliphatic carbocycles. The molecule has 2 aromatic rings. The molecule has 0 amide bonds. The monoisotopic (exact) mass is 376 g/mol. The number of nitrogens with two attached hydrogens (primary N) is 1. The van der Waals surface area contributed by atoms with Gasteiger partial charge in [-0.05, 0) is 49.3 Å². The quantitative estimate of drug-likeness (QED) is 0.715. The van der Waals surface area contributed by atoms with E-state index < -0.39 is 17.2 Å². The van der Waals surface area contributed by atoms with Gasteiger partial charge in [-0.1, -0.05) is 26.3 Å². The van der Waals surface area contributed by atoms with Crippen LogP contribution in [-0.4, -0.2) is 17.2 Å². The van der Waals surface area contributed by atoms with Gasteiger partial charge in [0.15, 0.2) is 0 Å². The van der Waals surface area contributed by atoms with E-state index >= 15 is 0 Å². The van der Waals surface area contributed by atoms with Crippen molar-refractivity contribution >= 4 is 0 Å². The second-order valence-corrected chi connectivity index (χ2v) is 8.19. The van der Waals surface area contributed by atoms with Gasteiger partial charge in [0, 0.05) is 30.1 Å². The van der Waals surface area contributed by atoms with Gasteiger partial charge in [0.05, 0.1) is 13.2 Å². The zero-order valence-corrected chi connectivity index (χ0v) is 16.2. The largest absolute Gasteiger partial charge is 0.368 e. The lowest BCUT2D eigenvalue weighted by atomic mass is 9.84. The van der Waals surface area contributed by atoms with Crippen molar-refractivity contribution in [3.63, 3.8) is 0 Å². The van der Waals surface area contributed by atoms with E-state index in [1.165, 1.54) is 12.1 Å². The van der Waals surface area contributed by atoms with Crippen molar-refractivity contribution in [2.45, 2.75) is 57.7 Å². The molecule has 3 nitrogen and oxygen atoms in total. The predicted molar refractivity (Wildman–Crippen MR) is 103 cm³/mol. The molecule has 0 saturated carbocycles. The van der Waals surface area contributed by atoms with Crippen LogP contribution in [0.15, 0.2) is 42.7 Å². The van der Waals surface area contributed by atoms with Crippen LogP contribution < -0.4 is 5.73 Å². The first kappa shape index (κ1) is 20.0. The number of benzene rings is 1. The van der Waals surface area contributed by atoms with E-state index in [2.05, 4.69) is 13.8 Å². The predicted octanol–water partition coefficient (Wildman–Crippen LogP) is 4.85. The Morgan fingerprint density at radius 2 is 2.00 bits per heavy atom. The van der Waals surface area contributed by atoms with E-state index in [4.69, 9.17) is 10.5 Å². The van der Waals surface area contributed by atoms with Gasteiger partial charge in [-0.25, -0.2) is 8.78 Å². The second-order valence-electron chi connectivity index (χ2n) is 8.19. The first-order valence-corrected chi connectivity index (χ1v) is 9.85. The number of ether oxygens (including phenoxy) is 1. The maximum atomic E-state index is 14.6. The summed E-state index contributed by atoms with van der Waals surface area (Å²) in [6, 6.07) is 7.89. The molecule has 1 fully saturated rings. The maximum absolute atomic E-state index is 14.6. The Balaban J connectivity index is 1.74. The Morgan fingerprint density at radius 3 is 2.67 bits per heavy atom. The van der Waals surface area contributed by atoms with E-state index in [0.29, 0.717) is 30.6 Å². The lowest BCUT2D eigenvalue weighted by Crippen LogP contribution is -2.32. The summed E-state index contributed by atoms with van der Waals surface area (Å²) >= 11 is 0. The second kappa shape index (κ2) is 8.53. The van der Waals surface area contributed by atoms with Gasteiger partial charge in [0.2, 0.25) is 0 Å². The Bertz CT molecular complexity index is 732. The summed E-state index contributed by atoms with van der Waals surface area (Å²) in [5, 5.41) is 0. The standard InChI is InChI=1S/C22H30F2N2O/c1-16(2)21(25)7-5-6-17-13-22(27-14-17,15-26-10-3-4-11-26)19-9-8-18(23)12-20(19)24/h3-4,8-12,16-17,21H,5-7,13-15,25H2,1-2H3/t17-,21?,22-/m0/s1. The van der Waals surface area contributed by atoms with Gasteiger partial charge in [-0.3, -0.25) is 0 Å². The molecule has 1 saturated heterocycles. The molecule has 2 heterocycles. The molecule has 3 rings (SSSR count). The number of hydrogen-bond acceptors (Lipinski definition) is 2. The molecule has 1 aromatic heterocycles. The van der Waals surface area contributed by atoms with E-state index in [1.54, 1.807) is 0 Å². The van der Waals surface area contributed by atoms with Crippen LogP contribution in [0.5, 0.6) is 0 Å². The Labute approximate surface area is 160 Å². The highest BCUT2D eigenvalue weighted by molar-refractivity contribution is 5.27. The maximum Gasteiger partial charge on any atom is 0.132 e. The van der Waals surface area contributed by atoms with Gasteiger partial charge in [-0.15, -0.1) is 0 Å². The highest BCUT2D eigenvalue weighted by Gasteiger charge is 2.43. The summed E-state index contributed by atoms with van der Waals surface area (Å²) in [4.78, 5) is 0. The summed E-state index contributed by atoms with van der Waals surface area (Å²) in [6.45, 7) is 5.39. The molecule has 5 heteroatoms. The van der Waals surface area contributed by atoms with Crippen molar-refractivity contribution in [1.29, 1.82) is 0 Å². The van der Waals surface area contributed by atoms with Gasteiger partial charge in [0.25, 0.3) is 0 Å². The van der Waals surface area contributed by atoms with Gasteiger partial charge < -0.3 is 15.0 Å². The zero-order valence-electron chi connectivity index (χ0n) is 16.2. The molecule has 0 radical (unpaired) electrons. The molecule has 1 unspecified atom stereocenters. The average Bonchev–Trinajstić information content (AvgIpc) is 3.25. The van der Waals surface area contributed by atoms with Gasteiger partial charge in [-0.2, -0.15) is 0 Å². The van der Waals surface area contributed by atoms with Crippen molar-refractivity contribution in [2.75, 3.05) is 6.61 Å². The molecule has 27 heavy (non-hydrogen) atoms. The van der Waals surface area contributed by atoms with Crippen LogP contribution in [0.1, 0.15) is 45.1 Å². The van der Waals surface area contributed by atoms with E-state index in [0.717, 1.165) is 31.7 Å². The van der Waals surface area contributed by atoms with E-state index in [9.17, 15) is 8.78 Å². The number of aromatic nitrogens is 1. The topological polar surface area (TPSA) is 40.2 Å². The van der Waals surface area contributed by atoms with Crippen molar-refractivity contribution in [1.82, 2.24) is 4.57 Å². The minimum Gasteiger partial charge on any atom is -0.368 e. The summed E-state index contributed by atoms with van der Waals surface area (Å²) in [5.74, 6) is -0.274. The van der Waals surface area contributed by atoms with Gasteiger partial charge in [0.1, 0.15) is 17.2 Å². The molecule has 1 aliphatic heterocycles. The lowest BCUT2D eigenvalue weighted by Gasteiger charge is -2.30. The van der Waals surface area contributed by atoms with Crippen molar-refractivity contribution in [3.05, 3.63) is 59.9 Å². The molecule has 148 valence electrons. The molecule has 3 atom stereocenters. The van der Waals surface area contributed by atoms with Crippen LogP contribution in [0.2, 0.25) is 0 Å². The van der Waals surface area contributed by atoms with Crippen LogP contribution in [0.3, 0.4) is 0 Å². The van der Waals surface area contributed by atoms with Gasteiger partial charge >= 0.3 is 0 Å². The fourth-order valence-electron chi connectivity index (χ4n) is 4.04. The highest BCUT2D eigenvalue weighted by Crippen LogP contribution is 2.43. The minimum absolute atomic E-state index is 0.214. The summed E-state index contributed by atoms with van der Waals surface area (Å²) in [7, 11) is 0. The molecule has 2 N–H and O–H groups in total. The third kappa shape index (κ3) is 4.77. The molecule has 1 aliphatic rings. The third-order valence-electron chi connectivity index (χ3n) is 5.75. The summed E-state index contributed by atoms with van der Waals surface area (Å²) in [6.07, 6.45) is 7.66. The first-order chi connectivity index (χ1) is 12.9. The number of nitrogens with zero attached hydrogens (tertiary/aromatic N) is 1. The number of hydrogen-bond donors (Lipinski definition) is 1. The fraction of sp³-hybridized carbons (Fsp3) is 0.545. The fourth-order valence-corrected chi connectivity index (χ4v) is 4.04. The summed E-state index contributed by atoms with van der Waals surface area (Å²) < 4.78 is 36.3. The van der Waals surface area contributed by atoms with E-state index in [-0.39, 0.29) is 6.04 Å². The van der Waals surface area contributed by atoms with Crippen LogP contribution in [0.4, 0.5) is 8.78 Å². The van der Waals surface area contributed by atoms with Crippen LogP contribution in [0, 0.1) is 23.5 Å². The molecular formula is C22H30F2N2O. The van der Waals surface area contributed by atoms with Crippen LogP contribution in [0.25, 0.3) is 0 Å². The molecule has 0 bridgehead atoms. The Kier molecular flexibility index (Phi) is 6.33. The zero-order chi connectivity index (χ0) is 19.4. The number of rotatable bonds is 8. The van der Waals surface area contributed by atoms with Crippen molar-refractivity contribution < 1.29 is 13.5 Å². The summed E-state index contributed by atoms with van der Waals surface area (Å²) in [5.41, 5.74) is 5.83. The normalized spacial score (nSPS) is 23.9. The number of halogens is 2. The minimum atomic E-state index is -0.762. The smallest absolute Gasteiger partial charge is 0.132 e. The third-order valence-corrected chi connectivity index (χ3v) is 5.75. The van der Waals surface area contributed by atoms with E-state index in [1.807, 2.05) is 29.1 Å². The molecule has 0 spiro atoms. The Morgan fingerprint density at radius 1 is 1.26 bits per heavy atom. The Hall–Kier alpha value is -1.72. The van der Waals surface area contributed by atoms with Crippen LogP contribution >= 0.6 is 0 Å². The highest BCUT2D eigenvalue weighted by atomic mass is 19.1. The SMILES string of the molecule is CC(C)C(N)CCC[C@@H]1CO[C@@](Cn2cccc2)(c2ccc(F)cc2F)C1. The van der Waals surface area contributed by atoms with Crippen molar-refractivity contribution in [3.8, 4) is 0 Å². The average molecular weight is 376 g/mol. The lowest BCUT2D eigenvalue weighted by molar-refractivity contribution is -0.0177. The molecular weight excluding hydrogens is 346 g/mol. The first-order valence-electron chi connectivity index (χ1n) is 9.85. The molecule has 1 aromatic carbocycles.